The van der Waals surface area contributed by atoms with Crippen LogP contribution < -0.4 is 5.32 Å². The van der Waals surface area contributed by atoms with Crippen LogP contribution in [-0.4, -0.2) is 19.9 Å². The summed E-state index contributed by atoms with van der Waals surface area (Å²) in [6.07, 6.45) is 1.32. The summed E-state index contributed by atoms with van der Waals surface area (Å²) in [6, 6.07) is 2.04. The highest BCUT2D eigenvalue weighted by Gasteiger charge is 2.02. The van der Waals surface area contributed by atoms with Crippen molar-refractivity contribution in [1.82, 2.24) is 25.2 Å². The van der Waals surface area contributed by atoms with E-state index >= 15 is 0 Å². The molecule has 0 spiro atoms. The molecule has 0 radical (unpaired) electrons. The molecule has 1 N–H and O–H groups in total. The number of nitrogens with one attached hydrogen (secondary N) is 1. The van der Waals surface area contributed by atoms with Crippen molar-refractivity contribution in [2.75, 3.05) is 0 Å². The van der Waals surface area contributed by atoms with Crippen LogP contribution in [0.15, 0.2) is 17.0 Å². The van der Waals surface area contributed by atoms with E-state index in [0.29, 0.717) is 12.4 Å². The molecule has 0 aliphatic heterocycles. The van der Waals surface area contributed by atoms with Gasteiger partial charge in [-0.3, -0.25) is 4.68 Å². The second-order valence-corrected chi connectivity index (χ2v) is 3.35. The van der Waals surface area contributed by atoms with Gasteiger partial charge in [-0.2, -0.15) is 10.1 Å². The maximum absolute atomic E-state index is 4.63. The normalized spacial score (nSPS) is 10.8. The minimum atomic E-state index is 0.598. The Morgan fingerprint density at radius 1 is 1.47 bits per heavy atom. The average Bonchev–Trinajstić information content (AvgIpc) is 2.77. The minimum Gasteiger partial charge on any atom is -0.343 e. The van der Waals surface area contributed by atoms with Crippen molar-refractivity contribution in [3.05, 3.63) is 29.7 Å². The van der Waals surface area contributed by atoms with E-state index in [1.165, 1.54) is 6.39 Å². The van der Waals surface area contributed by atoms with E-state index in [-0.39, 0.29) is 0 Å². The Balaban J connectivity index is 1.86. The average molecular weight is 207 g/mol. The largest absolute Gasteiger partial charge is 0.343 e. The minimum absolute atomic E-state index is 0.598. The Morgan fingerprint density at radius 2 is 2.33 bits per heavy atom. The molecule has 6 nitrogen and oxygen atoms in total. The number of hydrogen-bond acceptors (Lipinski definition) is 5. The first-order valence-electron chi connectivity index (χ1n) is 4.71. The SMILES string of the molecule is Cc1cc(CNCc2ncon2)n(C)n1. The quantitative estimate of drug-likeness (QED) is 0.786. The van der Waals surface area contributed by atoms with E-state index in [0.717, 1.165) is 17.9 Å². The highest BCUT2D eigenvalue weighted by molar-refractivity contribution is 5.08. The van der Waals surface area contributed by atoms with Gasteiger partial charge in [0.25, 0.3) is 0 Å². The van der Waals surface area contributed by atoms with Gasteiger partial charge in [-0.05, 0) is 13.0 Å². The van der Waals surface area contributed by atoms with Gasteiger partial charge in [0.05, 0.1) is 17.9 Å². The van der Waals surface area contributed by atoms with Crippen molar-refractivity contribution in [2.45, 2.75) is 20.0 Å². The molecule has 0 atom stereocenters. The Labute approximate surface area is 87.3 Å². The Morgan fingerprint density at radius 3 is 2.93 bits per heavy atom. The van der Waals surface area contributed by atoms with Crippen LogP contribution in [0, 0.1) is 6.92 Å². The van der Waals surface area contributed by atoms with Gasteiger partial charge in [0.15, 0.2) is 5.82 Å². The standard InChI is InChI=1S/C9H13N5O/c1-7-3-8(14(2)12-7)4-10-5-9-11-6-15-13-9/h3,6,10H,4-5H2,1-2H3. The molecule has 0 fully saturated rings. The van der Waals surface area contributed by atoms with E-state index in [1.54, 1.807) is 0 Å². The maximum Gasteiger partial charge on any atom is 0.213 e. The molecule has 2 heterocycles. The zero-order chi connectivity index (χ0) is 10.7. The van der Waals surface area contributed by atoms with Gasteiger partial charge >= 0.3 is 0 Å². The Kier molecular flexibility index (Phi) is 2.77. The zero-order valence-corrected chi connectivity index (χ0v) is 8.77. The molecule has 0 unspecified atom stereocenters. The van der Waals surface area contributed by atoms with Gasteiger partial charge < -0.3 is 9.84 Å². The maximum atomic E-state index is 4.63. The summed E-state index contributed by atoms with van der Waals surface area (Å²) < 4.78 is 6.49. The number of aryl methyl sites for hydroxylation is 2. The molecular formula is C9H13N5O. The summed E-state index contributed by atoms with van der Waals surface area (Å²) in [5.41, 5.74) is 2.16. The van der Waals surface area contributed by atoms with Crippen LogP contribution in [0.3, 0.4) is 0 Å². The summed E-state index contributed by atoms with van der Waals surface area (Å²) in [6.45, 7) is 3.31. The highest BCUT2D eigenvalue weighted by Crippen LogP contribution is 2.01. The fraction of sp³-hybridized carbons (Fsp3) is 0.444. The molecular weight excluding hydrogens is 194 g/mol. The molecule has 0 bridgehead atoms. The van der Waals surface area contributed by atoms with Gasteiger partial charge in [-0.15, -0.1) is 0 Å². The van der Waals surface area contributed by atoms with Gasteiger partial charge in [0.1, 0.15) is 0 Å². The summed E-state index contributed by atoms with van der Waals surface area (Å²) in [7, 11) is 1.93. The lowest BCUT2D eigenvalue weighted by Crippen LogP contribution is -2.15. The lowest BCUT2D eigenvalue weighted by molar-refractivity contribution is 0.407. The third kappa shape index (κ3) is 2.41. The molecule has 2 aromatic rings. The molecule has 0 aliphatic carbocycles. The summed E-state index contributed by atoms with van der Waals surface area (Å²) >= 11 is 0. The van der Waals surface area contributed by atoms with Crippen molar-refractivity contribution < 1.29 is 4.52 Å². The van der Waals surface area contributed by atoms with E-state index in [9.17, 15) is 0 Å². The third-order valence-electron chi connectivity index (χ3n) is 2.10. The Bertz CT molecular complexity index is 420. The van der Waals surface area contributed by atoms with Crippen LogP contribution in [-0.2, 0) is 20.1 Å². The smallest absolute Gasteiger partial charge is 0.213 e. The molecule has 2 rings (SSSR count). The molecule has 15 heavy (non-hydrogen) atoms. The molecule has 2 aromatic heterocycles. The first-order valence-corrected chi connectivity index (χ1v) is 4.71. The van der Waals surface area contributed by atoms with Crippen LogP contribution in [0.4, 0.5) is 0 Å². The van der Waals surface area contributed by atoms with E-state index in [1.807, 2.05) is 24.7 Å². The summed E-state index contributed by atoms with van der Waals surface area (Å²) in [4.78, 5) is 3.91. The molecule has 0 amide bonds. The molecule has 0 aliphatic rings. The molecule has 6 heteroatoms. The fourth-order valence-electron chi connectivity index (χ4n) is 1.40. The van der Waals surface area contributed by atoms with Crippen LogP contribution in [0.2, 0.25) is 0 Å². The second kappa shape index (κ2) is 4.22. The number of hydrogen-bond donors (Lipinski definition) is 1. The summed E-state index contributed by atoms with van der Waals surface area (Å²) in [5, 5.41) is 11.2. The van der Waals surface area contributed by atoms with E-state index < -0.39 is 0 Å². The molecule has 0 saturated heterocycles. The number of aromatic nitrogens is 4. The van der Waals surface area contributed by atoms with Crippen LogP contribution in [0.5, 0.6) is 0 Å². The monoisotopic (exact) mass is 207 g/mol. The predicted octanol–water partition coefficient (Wildman–Crippen LogP) is 0.401. The van der Waals surface area contributed by atoms with Crippen molar-refractivity contribution in [3.8, 4) is 0 Å². The zero-order valence-electron chi connectivity index (χ0n) is 8.77. The van der Waals surface area contributed by atoms with Crippen LogP contribution in [0.25, 0.3) is 0 Å². The first kappa shape index (κ1) is 9.85. The van der Waals surface area contributed by atoms with E-state index in [4.69, 9.17) is 0 Å². The van der Waals surface area contributed by atoms with Gasteiger partial charge in [-0.25, -0.2) is 0 Å². The predicted molar refractivity (Wildman–Crippen MR) is 52.8 cm³/mol. The van der Waals surface area contributed by atoms with Crippen molar-refractivity contribution >= 4 is 0 Å². The highest BCUT2D eigenvalue weighted by atomic mass is 16.5. The van der Waals surface area contributed by atoms with Crippen LogP contribution >= 0.6 is 0 Å². The third-order valence-corrected chi connectivity index (χ3v) is 2.10. The van der Waals surface area contributed by atoms with Crippen molar-refractivity contribution in [1.29, 1.82) is 0 Å². The fourth-order valence-corrected chi connectivity index (χ4v) is 1.40. The van der Waals surface area contributed by atoms with Gasteiger partial charge in [0, 0.05) is 13.6 Å². The topological polar surface area (TPSA) is 68.8 Å². The lowest BCUT2D eigenvalue weighted by Gasteiger charge is -2.01. The first-order chi connectivity index (χ1) is 7.25. The number of nitrogens with zero attached hydrogens (tertiary/aromatic N) is 4. The van der Waals surface area contributed by atoms with Gasteiger partial charge in [-0.1, -0.05) is 5.16 Å². The van der Waals surface area contributed by atoms with Crippen molar-refractivity contribution in [3.63, 3.8) is 0 Å². The summed E-state index contributed by atoms with van der Waals surface area (Å²) in [5.74, 6) is 0.661. The van der Waals surface area contributed by atoms with Crippen molar-refractivity contribution in [2.24, 2.45) is 7.05 Å². The van der Waals surface area contributed by atoms with Crippen LogP contribution in [0.1, 0.15) is 17.2 Å². The second-order valence-electron chi connectivity index (χ2n) is 3.35. The Hall–Kier alpha value is -1.69. The molecule has 80 valence electrons. The van der Waals surface area contributed by atoms with Gasteiger partial charge in [0.2, 0.25) is 6.39 Å². The van der Waals surface area contributed by atoms with E-state index in [2.05, 4.69) is 25.1 Å². The molecule has 0 saturated carbocycles. The lowest BCUT2D eigenvalue weighted by atomic mass is 10.3. The number of rotatable bonds is 4. The molecule has 0 aromatic carbocycles.